The smallest absolute Gasteiger partial charge is 0.264 e. The SMILES string of the molecule is CC(NC(=O)c1ccc(Br)cc1NS(=O)(=O)c1cccc2nsnc12)c1ccc(F)cc1. The fourth-order valence-corrected chi connectivity index (χ4v) is 5.31. The second kappa shape index (κ2) is 8.93. The van der Waals surface area contributed by atoms with Crippen molar-refractivity contribution in [3.05, 3.63) is 82.1 Å². The largest absolute Gasteiger partial charge is 0.345 e. The minimum absolute atomic E-state index is 0.0326. The first kappa shape index (κ1) is 22.3. The molecule has 0 saturated carbocycles. The van der Waals surface area contributed by atoms with Crippen molar-refractivity contribution in [2.24, 2.45) is 0 Å². The molecule has 11 heteroatoms. The molecule has 1 atom stereocenters. The van der Waals surface area contributed by atoms with E-state index in [9.17, 15) is 17.6 Å². The summed E-state index contributed by atoms with van der Waals surface area (Å²) in [6.07, 6.45) is 0. The summed E-state index contributed by atoms with van der Waals surface area (Å²) in [7, 11) is -4.06. The minimum Gasteiger partial charge on any atom is -0.345 e. The Kier molecular flexibility index (Phi) is 6.22. The molecule has 1 aromatic heterocycles. The number of nitrogens with zero attached hydrogens (tertiary/aromatic N) is 2. The van der Waals surface area contributed by atoms with Crippen molar-refractivity contribution in [3.8, 4) is 0 Å². The lowest BCUT2D eigenvalue weighted by Gasteiger charge is -2.17. The first-order valence-electron chi connectivity index (χ1n) is 9.34. The zero-order valence-corrected chi connectivity index (χ0v) is 19.8. The molecule has 0 radical (unpaired) electrons. The van der Waals surface area contributed by atoms with E-state index in [1.54, 1.807) is 37.3 Å². The lowest BCUT2D eigenvalue weighted by molar-refractivity contribution is 0.0941. The first-order valence-corrected chi connectivity index (χ1v) is 12.4. The first-order chi connectivity index (χ1) is 15.2. The minimum atomic E-state index is -4.06. The molecule has 32 heavy (non-hydrogen) atoms. The molecule has 1 heterocycles. The van der Waals surface area contributed by atoms with Crippen molar-refractivity contribution in [2.45, 2.75) is 17.9 Å². The summed E-state index contributed by atoms with van der Waals surface area (Å²) >= 11 is 4.23. The fourth-order valence-electron chi connectivity index (χ4n) is 3.11. The van der Waals surface area contributed by atoms with Gasteiger partial charge in [0.25, 0.3) is 15.9 Å². The normalized spacial score (nSPS) is 12.5. The predicted molar refractivity (Wildman–Crippen MR) is 125 cm³/mol. The number of carbonyl (C=O) groups excluding carboxylic acids is 1. The third-order valence-electron chi connectivity index (χ3n) is 4.73. The molecule has 0 bridgehead atoms. The van der Waals surface area contributed by atoms with Crippen LogP contribution in [0.15, 0.2) is 70.0 Å². The summed E-state index contributed by atoms with van der Waals surface area (Å²) in [5, 5.41) is 2.81. The standard InChI is InChI=1S/C21H16BrFN4O3S2/c1-12(13-5-8-15(23)9-6-13)24-21(28)16-10-7-14(22)11-18(16)27-32(29,30)19-4-2-3-17-20(19)26-31-25-17/h2-12,27H,1H3,(H,24,28). The third-order valence-corrected chi connectivity index (χ3v) is 7.16. The maximum absolute atomic E-state index is 13.2. The van der Waals surface area contributed by atoms with Crippen LogP contribution in [0.3, 0.4) is 0 Å². The molecule has 0 fully saturated rings. The van der Waals surface area contributed by atoms with Crippen LogP contribution >= 0.6 is 27.7 Å². The van der Waals surface area contributed by atoms with Crippen molar-refractivity contribution in [1.82, 2.24) is 14.1 Å². The molecule has 164 valence electrons. The summed E-state index contributed by atoms with van der Waals surface area (Å²) in [5.74, 6) is -0.859. The molecule has 0 aliphatic carbocycles. The van der Waals surface area contributed by atoms with Crippen LogP contribution in [-0.2, 0) is 10.0 Å². The van der Waals surface area contributed by atoms with Crippen molar-refractivity contribution >= 4 is 60.3 Å². The summed E-state index contributed by atoms with van der Waals surface area (Å²) < 4.78 is 50.6. The second-order valence-corrected chi connectivity index (χ2v) is 10.0. The van der Waals surface area contributed by atoms with E-state index in [2.05, 4.69) is 34.7 Å². The number of aromatic nitrogens is 2. The van der Waals surface area contributed by atoms with Gasteiger partial charge in [-0.2, -0.15) is 8.75 Å². The molecule has 0 spiro atoms. The number of hydrogen-bond acceptors (Lipinski definition) is 6. The van der Waals surface area contributed by atoms with Crippen LogP contribution < -0.4 is 10.0 Å². The number of fused-ring (bicyclic) bond motifs is 1. The quantitative estimate of drug-likeness (QED) is 0.367. The maximum atomic E-state index is 13.2. The Labute approximate surface area is 196 Å². The highest BCUT2D eigenvalue weighted by Gasteiger charge is 2.23. The molecule has 0 aliphatic rings. The average Bonchev–Trinajstić information content (AvgIpc) is 3.22. The van der Waals surface area contributed by atoms with E-state index in [1.165, 1.54) is 30.3 Å². The highest BCUT2D eigenvalue weighted by atomic mass is 79.9. The molecule has 1 amide bonds. The Morgan fingerprint density at radius 3 is 2.59 bits per heavy atom. The average molecular weight is 535 g/mol. The zero-order valence-electron chi connectivity index (χ0n) is 16.5. The number of carbonyl (C=O) groups is 1. The highest BCUT2D eigenvalue weighted by molar-refractivity contribution is 9.10. The summed E-state index contributed by atoms with van der Waals surface area (Å²) in [6, 6.07) is 14.7. The molecule has 3 aromatic carbocycles. The van der Waals surface area contributed by atoms with Gasteiger partial charge in [0.2, 0.25) is 0 Å². The van der Waals surface area contributed by atoms with Crippen LogP contribution in [0.2, 0.25) is 0 Å². The van der Waals surface area contributed by atoms with Gasteiger partial charge in [-0.3, -0.25) is 9.52 Å². The highest BCUT2D eigenvalue weighted by Crippen LogP contribution is 2.28. The Balaban J connectivity index is 1.64. The Hall–Kier alpha value is -2.89. The van der Waals surface area contributed by atoms with Gasteiger partial charge >= 0.3 is 0 Å². The van der Waals surface area contributed by atoms with Gasteiger partial charge in [0, 0.05) is 4.47 Å². The fraction of sp³-hybridized carbons (Fsp3) is 0.0952. The number of amides is 1. The van der Waals surface area contributed by atoms with Gasteiger partial charge in [-0.1, -0.05) is 34.1 Å². The third kappa shape index (κ3) is 4.64. The predicted octanol–water partition coefficient (Wildman–Crippen LogP) is 4.88. The van der Waals surface area contributed by atoms with Gasteiger partial charge in [0.05, 0.1) is 29.0 Å². The van der Waals surface area contributed by atoms with E-state index in [1.807, 2.05) is 0 Å². The van der Waals surface area contributed by atoms with E-state index in [4.69, 9.17) is 0 Å². The molecule has 2 N–H and O–H groups in total. The number of nitrogens with one attached hydrogen (secondary N) is 2. The van der Waals surface area contributed by atoms with Crippen LogP contribution in [0.5, 0.6) is 0 Å². The van der Waals surface area contributed by atoms with Gasteiger partial charge in [0.15, 0.2) is 0 Å². The van der Waals surface area contributed by atoms with Gasteiger partial charge in [-0.05, 0) is 55.0 Å². The number of sulfonamides is 1. The summed E-state index contributed by atoms with van der Waals surface area (Å²) in [6.45, 7) is 1.75. The van der Waals surface area contributed by atoms with Crippen LogP contribution in [-0.4, -0.2) is 23.1 Å². The van der Waals surface area contributed by atoms with Gasteiger partial charge < -0.3 is 5.32 Å². The van der Waals surface area contributed by atoms with Crippen LogP contribution in [0, 0.1) is 5.82 Å². The second-order valence-electron chi connectivity index (χ2n) is 6.93. The topological polar surface area (TPSA) is 101 Å². The van der Waals surface area contributed by atoms with Gasteiger partial charge in [-0.15, -0.1) is 0 Å². The van der Waals surface area contributed by atoms with Crippen LogP contribution in [0.25, 0.3) is 11.0 Å². The molecular weight excluding hydrogens is 519 g/mol. The van der Waals surface area contributed by atoms with Crippen molar-refractivity contribution in [1.29, 1.82) is 0 Å². The number of anilines is 1. The molecule has 1 unspecified atom stereocenters. The van der Waals surface area contributed by atoms with Crippen molar-refractivity contribution < 1.29 is 17.6 Å². The zero-order chi connectivity index (χ0) is 22.9. The molecule has 4 aromatic rings. The Bertz CT molecular complexity index is 1410. The van der Waals surface area contributed by atoms with Crippen molar-refractivity contribution in [3.63, 3.8) is 0 Å². The molecule has 4 rings (SSSR count). The Morgan fingerprint density at radius 1 is 1.09 bits per heavy atom. The van der Waals surface area contributed by atoms with Crippen LogP contribution in [0.4, 0.5) is 10.1 Å². The van der Waals surface area contributed by atoms with E-state index >= 15 is 0 Å². The van der Waals surface area contributed by atoms with E-state index in [0.717, 1.165) is 11.7 Å². The Morgan fingerprint density at radius 2 is 1.84 bits per heavy atom. The van der Waals surface area contributed by atoms with Crippen molar-refractivity contribution in [2.75, 3.05) is 4.72 Å². The van der Waals surface area contributed by atoms with Gasteiger partial charge in [-0.25, -0.2) is 12.8 Å². The molecule has 7 nitrogen and oxygen atoms in total. The molecular formula is C21H16BrFN4O3S2. The lowest BCUT2D eigenvalue weighted by atomic mass is 10.1. The van der Waals surface area contributed by atoms with E-state index < -0.39 is 22.0 Å². The number of halogens is 2. The maximum Gasteiger partial charge on any atom is 0.264 e. The molecule has 0 saturated heterocycles. The number of hydrogen-bond donors (Lipinski definition) is 2. The monoisotopic (exact) mass is 534 g/mol. The number of rotatable bonds is 6. The van der Waals surface area contributed by atoms with Gasteiger partial charge in [0.1, 0.15) is 21.7 Å². The van der Waals surface area contributed by atoms with Crippen LogP contribution in [0.1, 0.15) is 28.9 Å². The molecule has 0 aliphatic heterocycles. The number of benzene rings is 3. The summed E-state index contributed by atoms with van der Waals surface area (Å²) in [5.41, 5.74) is 1.67. The summed E-state index contributed by atoms with van der Waals surface area (Å²) in [4.78, 5) is 12.9. The van der Waals surface area contributed by atoms with E-state index in [-0.39, 0.29) is 27.5 Å². The lowest BCUT2D eigenvalue weighted by Crippen LogP contribution is -2.28. The van der Waals surface area contributed by atoms with E-state index in [0.29, 0.717) is 15.6 Å².